The molecule has 0 fully saturated rings. The molecule has 0 saturated heterocycles. The normalized spacial score (nSPS) is 11.6. The van der Waals surface area contributed by atoms with Gasteiger partial charge in [0.2, 0.25) is 0 Å². The van der Waals surface area contributed by atoms with Gasteiger partial charge < -0.3 is 20.2 Å². The van der Waals surface area contributed by atoms with Crippen LogP contribution in [0.1, 0.15) is 31.3 Å². The predicted molar refractivity (Wildman–Crippen MR) is 120 cm³/mol. The molecule has 5 heteroatoms. The molecular formula is C24H26N4O. The number of aromatic nitrogens is 2. The molecule has 0 aliphatic heterocycles. The van der Waals surface area contributed by atoms with E-state index in [4.69, 9.17) is 0 Å². The molecular weight excluding hydrogens is 360 g/mol. The maximum Gasteiger partial charge on any atom is 0.272 e. The van der Waals surface area contributed by atoms with Gasteiger partial charge >= 0.3 is 0 Å². The largest absolute Gasteiger partial charge is 0.380 e. The van der Waals surface area contributed by atoms with Gasteiger partial charge in [0.05, 0.1) is 0 Å². The number of carbonyl (C=O) groups excluding carboxylic acids is 1. The number of aryl methyl sites for hydroxylation is 1. The maximum atomic E-state index is 12.8. The first-order valence-corrected chi connectivity index (χ1v) is 9.72. The third-order valence-electron chi connectivity index (χ3n) is 4.79. The van der Waals surface area contributed by atoms with Crippen molar-refractivity contribution in [2.75, 3.05) is 10.6 Å². The first kappa shape index (κ1) is 18.9. The van der Waals surface area contributed by atoms with Crippen LogP contribution >= 0.6 is 0 Å². The highest BCUT2D eigenvalue weighted by atomic mass is 16.1. The molecule has 2 aromatic heterocycles. The van der Waals surface area contributed by atoms with Crippen LogP contribution in [0.5, 0.6) is 0 Å². The molecule has 0 radical (unpaired) electrons. The number of aromatic amines is 1. The van der Waals surface area contributed by atoms with Gasteiger partial charge in [0.15, 0.2) is 0 Å². The number of H-pyrrole nitrogens is 1. The minimum Gasteiger partial charge on any atom is -0.380 e. The van der Waals surface area contributed by atoms with E-state index in [1.165, 1.54) is 0 Å². The van der Waals surface area contributed by atoms with E-state index in [9.17, 15) is 4.79 Å². The van der Waals surface area contributed by atoms with E-state index in [0.717, 1.165) is 33.4 Å². The molecule has 1 amide bonds. The number of rotatable bonds is 4. The van der Waals surface area contributed by atoms with Crippen LogP contribution in [0, 0.1) is 0 Å². The average molecular weight is 386 g/mol. The van der Waals surface area contributed by atoms with Gasteiger partial charge in [0, 0.05) is 52.8 Å². The Morgan fingerprint density at radius 2 is 1.66 bits per heavy atom. The van der Waals surface area contributed by atoms with Crippen molar-refractivity contribution in [2.24, 2.45) is 7.05 Å². The van der Waals surface area contributed by atoms with Gasteiger partial charge in [0.25, 0.3) is 5.91 Å². The first-order chi connectivity index (χ1) is 13.8. The van der Waals surface area contributed by atoms with E-state index in [0.29, 0.717) is 5.69 Å². The molecule has 3 N–H and O–H groups in total. The fourth-order valence-electron chi connectivity index (χ4n) is 3.45. The molecule has 5 nitrogen and oxygen atoms in total. The van der Waals surface area contributed by atoms with Crippen LogP contribution in [0.4, 0.5) is 11.4 Å². The minimum atomic E-state index is -0.125. The van der Waals surface area contributed by atoms with E-state index >= 15 is 0 Å². The number of carbonyl (C=O) groups is 1. The Labute approximate surface area is 170 Å². The summed E-state index contributed by atoms with van der Waals surface area (Å²) in [7, 11) is 1.89. The Morgan fingerprint density at radius 1 is 0.931 bits per heavy atom. The van der Waals surface area contributed by atoms with Crippen LogP contribution in [0.2, 0.25) is 0 Å². The molecule has 0 unspecified atom stereocenters. The molecule has 29 heavy (non-hydrogen) atoms. The zero-order chi connectivity index (χ0) is 20.6. The summed E-state index contributed by atoms with van der Waals surface area (Å²) < 4.78 is 1.86. The first-order valence-electron chi connectivity index (χ1n) is 9.72. The van der Waals surface area contributed by atoms with Gasteiger partial charge in [-0.05, 0) is 68.8 Å². The summed E-state index contributed by atoms with van der Waals surface area (Å²) in [4.78, 5) is 16.0. The highest BCUT2D eigenvalue weighted by Crippen LogP contribution is 2.25. The third-order valence-corrected chi connectivity index (χ3v) is 4.79. The van der Waals surface area contributed by atoms with Gasteiger partial charge in [-0.15, -0.1) is 0 Å². The number of hydrogen-bond donors (Lipinski definition) is 3. The minimum absolute atomic E-state index is 0.0168. The maximum absolute atomic E-state index is 12.8. The van der Waals surface area contributed by atoms with E-state index in [-0.39, 0.29) is 11.4 Å². The average Bonchev–Trinajstić information content (AvgIpc) is 3.27. The van der Waals surface area contributed by atoms with Crippen molar-refractivity contribution in [3.8, 4) is 11.1 Å². The molecule has 0 saturated carbocycles. The van der Waals surface area contributed by atoms with Crippen LogP contribution < -0.4 is 10.6 Å². The Hall–Kier alpha value is -3.47. The molecule has 0 bridgehead atoms. The van der Waals surface area contributed by atoms with Crippen molar-refractivity contribution >= 4 is 28.2 Å². The molecule has 2 aromatic carbocycles. The molecule has 2 heterocycles. The molecule has 0 aliphatic rings. The van der Waals surface area contributed by atoms with E-state index in [2.05, 4.69) is 60.7 Å². The lowest BCUT2D eigenvalue weighted by Crippen LogP contribution is -2.25. The van der Waals surface area contributed by atoms with Crippen LogP contribution in [-0.2, 0) is 7.05 Å². The monoisotopic (exact) mass is 386 g/mol. The fraction of sp³-hybridized carbons (Fsp3) is 0.208. The highest BCUT2D eigenvalue weighted by molar-refractivity contribution is 6.05. The number of nitrogens with zero attached hydrogens (tertiary/aromatic N) is 1. The van der Waals surface area contributed by atoms with Gasteiger partial charge in [-0.1, -0.05) is 12.1 Å². The summed E-state index contributed by atoms with van der Waals surface area (Å²) in [6.07, 6.45) is 3.87. The van der Waals surface area contributed by atoms with Crippen molar-refractivity contribution in [1.82, 2.24) is 9.55 Å². The van der Waals surface area contributed by atoms with Gasteiger partial charge in [-0.25, -0.2) is 0 Å². The second-order valence-corrected chi connectivity index (χ2v) is 8.41. The van der Waals surface area contributed by atoms with Crippen LogP contribution in [-0.4, -0.2) is 21.0 Å². The molecule has 0 atom stereocenters. The molecule has 148 valence electrons. The van der Waals surface area contributed by atoms with Crippen molar-refractivity contribution in [1.29, 1.82) is 0 Å². The van der Waals surface area contributed by atoms with Crippen LogP contribution in [0.15, 0.2) is 67.0 Å². The SMILES string of the molecule is Cn1cc(-c2ccc(NC(C)(C)C)cc2)cc1C(=O)Nc1ccc2[nH]ccc2c1. The third kappa shape index (κ3) is 4.19. The Morgan fingerprint density at radius 3 is 2.38 bits per heavy atom. The second-order valence-electron chi connectivity index (χ2n) is 8.41. The lowest BCUT2D eigenvalue weighted by molar-refractivity contribution is 0.101. The molecule has 0 aliphatic carbocycles. The van der Waals surface area contributed by atoms with Crippen molar-refractivity contribution < 1.29 is 4.79 Å². The van der Waals surface area contributed by atoms with Gasteiger partial charge in [0.1, 0.15) is 5.69 Å². The van der Waals surface area contributed by atoms with E-state index in [1.807, 2.05) is 54.3 Å². The number of amides is 1. The van der Waals surface area contributed by atoms with Gasteiger partial charge in [-0.3, -0.25) is 4.79 Å². The quantitative estimate of drug-likeness (QED) is 0.425. The lowest BCUT2D eigenvalue weighted by Gasteiger charge is -2.22. The predicted octanol–water partition coefficient (Wildman–Crippen LogP) is 5.64. The molecule has 4 rings (SSSR count). The highest BCUT2D eigenvalue weighted by Gasteiger charge is 2.14. The van der Waals surface area contributed by atoms with Crippen molar-refractivity contribution in [2.45, 2.75) is 26.3 Å². The number of benzene rings is 2. The Balaban J connectivity index is 1.53. The summed E-state index contributed by atoms with van der Waals surface area (Å²) in [6, 6.07) is 18.0. The fourth-order valence-corrected chi connectivity index (χ4v) is 3.45. The van der Waals surface area contributed by atoms with Crippen LogP contribution in [0.25, 0.3) is 22.0 Å². The smallest absolute Gasteiger partial charge is 0.272 e. The molecule has 4 aromatic rings. The summed E-state index contributed by atoms with van der Waals surface area (Å²) >= 11 is 0. The van der Waals surface area contributed by atoms with E-state index < -0.39 is 0 Å². The second kappa shape index (κ2) is 7.17. The molecule has 0 spiro atoms. The zero-order valence-corrected chi connectivity index (χ0v) is 17.2. The standard InChI is InChI=1S/C24H26N4O/c1-24(2,3)27-19-7-5-16(6-8-19)18-14-22(28(4)15-18)23(29)26-20-9-10-21-17(13-20)11-12-25-21/h5-15,25,27H,1-4H3,(H,26,29). The Kier molecular flexibility index (Phi) is 4.66. The topological polar surface area (TPSA) is 61.9 Å². The van der Waals surface area contributed by atoms with Crippen LogP contribution in [0.3, 0.4) is 0 Å². The summed E-state index contributed by atoms with van der Waals surface area (Å²) in [6.45, 7) is 6.41. The van der Waals surface area contributed by atoms with Crippen molar-refractivity contribution in [3.05, 3.63) is 72.7 Å². The summed E-state index contributed by atoms with van der Waals surface area (Å²) in [5.74, 6) is -0.125. The number of anilines is 2. The van der Waals surface area contributed by atoms with Gasteiger partial charge in [-0.2, -0.15) is 0 Å². The number of hydrogen-bond acceptors (Lipinski definition) is 2. The zero-order valence-electron chi connectivity index (χ0n) is 17.2. The van der Waals surface area contributed by atoms with E-state index in [1.54, 1.807) is 0 Å². The lowest BCUT2D eigenvalue weighted by atomic mass is 10.1. The number of fused-ring (bicyclic) bond motifs is 1. The summed E-state index contributed by atoms with van der Waals surface area (Å²) in [5, 5.41) is 7.53. The number of nitrogens with one attached hydrogen (secondary N) is 3. The summed E-state index contributed by atoms with van der Waals surface area (Å²) in [5.41, 5.74) is 5.63. The Bertz CT molecular complexity index is 1160. The van der Waals surface area contributed by atoms with Crippen molar-refractivity contribution in [3.63, 3.8) is 0 Å².